The van der Waals surface area contributed by atoms with Crippen LogP contribution in [0, 0.1) is 0 Å². The van der Waals surface area contributed by atoms with Crippen molar-refractivity contribution >= 4 is 15.7 Å². The molecule has 0 radical (unpaired) electrons. The maximum atomic E-state index is 12.3. The molecule has 1 aromatic heterocycles. The predicted molar refractivity (Wildman–Crippen MR) is 70.4 cm³/mol. The number of rotatable bonds is 3. The van der Waals surface area contributed by atoms with E-state index < -0.39 is 9.84 Å². The second-order valence-corrected chi connectivity index (χ2v) is 6.98. The third kappa shape index (κ3) is 3.13. The Bertz CT molecular complexity index is 566. The van der Waals surface area contributed by atoms with E-state index in [4.69, 9.17) is 5.73 Å². The molecular formula is C11H18N4O3S. The average molecular weight is 286 g/mol. The molecule has 0 saturated carbocycles. The first kappa shape index (κ1) is 14.0. The molecular weight excluding hydrogens is 268 g/mol. The number of nitrogens with zero attached hydrogens (tertiary/aromatic N) is 3. The Balaban J connectivity index is 2.11. The van der Waals surface area contributed by atoms with E-state index in [-0.39, 0.29) is 30.0 Å². The van der Waals surface area contributed by atoms with E-state index in [2.05, 4.69) is 4.98 Å². The molecule has 2 rings (SSSR count). The fourth-order valence-corrected chi connectivity index (χ4v) is 3.75. The Hall–Kier alpha value is -1.41. The maximum Gasteiger partial charge on any atom is 0.274 e. The molecule has 0 aliphatic carbocycles. The minimum atomic E-state index is -3.02. The Morgan fingerprint density at radius 1 is 1.58 bits per heavy atom. The van der Waals surface area contributed by atoms with Crippen molar-refractivity contribution in [2.75, 3.05) is 24.6 Å². The molecule has 0 bridgehead atoms. The Labute approximate surface area is 112 Å². The van der Waals surface area contributed by atoms with E-state index >= 15 is 0 Å². The summed E-state index contributed by atoms with van der Waals surface area (Å²) in [6, 6.07) is -0.314. The maximum absolute atomic E-state index is 12.3. The van der Waals surface area contributed by atoms with Gasteiger partial charge in [-0.05, 0) is 6.92 Å². The van der Waals surface area contributed by atoms with Gasteiger partial charge in [0.15, 0.2) is 9.84 Å². The van der Waals surface area contributed by atoms with Crippen LogP contribution in [0.1, 0.15) is 17.4 Å². The monoisotopic (exact) mass is 286 g/mol. The number of amides is 1. The highest BCUT2D eigenvalue weighted by atomic mass is 32.2. The van der Waals surface area contributed by atoms with Crippen LogP contribution in [0.4, 0.5) is 0 Å². The van der Waals surface area contributed by atoms with Gasteiger partial charge >= 0.3 is 0 Å². The van der Waals surface area contributed by atoms with Crippen LogP contribution >= 0.6 is 0 Å². The SMILES string of the molecule is CC1CS(=O)(=O)CCN1C(=O)c1cn(CCN)cn1. The molecule has 8 heteroatoms. The Kier molecular flexibility index (Phi) is 3.91. The Morgan fingerprint density at radius 2 is 2.32 bits per heavy atom. The third-order valence-corrected chi connectivity index (χ3v) is 4.97. The fourth-order valence-electron chi connectivity index (χ4n) is 2.19. The number of imidazole rings is 1. The fraction of sp³-hybridized carbons (Fsp3) is 0.636. The first-order valence-electron chi connectivity index (χ1n) is 6.16. The Morgan fingerprint density at radius 3 is 2.95 bits per heavy atom. The molecule has 1 fully saturated rings. The highest BCUT2D eigenvalue weighted by Gasteiger charge is 2.32. The van der Waals surface area contributed by atoms with Crippen molar-refractivity contribution in [3.05, 3.63) is 18.2 Å². The summed E-state index contributed by atoms with van der Waals surface area (Å²) in [5.41, 5.74) is 5.76. The van der Waals surface area contributed by atoms with E-state index in [0.717, 1.165) is 0 Å². The van der Waals surface area contributed by atoms with E-state index in [1.807, 2.05) is 0 Å². The second-order valence-electron chi connectivity index (χ2n) is 4.75. The largest absolute Gasteiger partial charge is 0.335 e. The molecule has 1 unspecified atom stereocenters. The number of nitrogens with two attached hydrogens (primary N) is 1. The van der Waals surface area contributed by atoms with Crippen molar-refractivity contribution in [2.24, 2.45) is 5.73 Å². The van der Waals surface area contributed by atoms with Crippen molar-refractivity contribution in [1.82, 2.24) is 14.5 Å². The topological polar surface area (TPSA) is 98.3 Å². The molecule has 1 aliphatic heterocycles. The van der Waals surface area contributed by atoms with Crippen LogP contribution in [-0.4, -0.2) is 59.4 Å². The lowest BCUT2D eigenvalue weighted by atomic mass is 10.2. The van der Waals surface area contributed by atoms with Crippen molar-refractivity contribution in [1.29, 1.82) is 0 Å². The quantitative estimate of drug-likeness (QED) is 0.776. The van der Waals surface area contributed by atoms with Gasteiger partial charge in [-0.1, -0.05) is 0 Å². The number of hydrogen-bond donors (Lipinski definition) is 1. The molecule has 0 spiro atoms. The van der Waals surface area contributed by atoms with Crippen LogP contribution in [0.5, 0.6) is 0 Å². The van der Waals surface area contributed by atoms with Crippen LogP contribution in [0.25, 0.3) is 0 Å². The zero-order chi connectivity index (χ0) is 14.0. The number of carbonyl (C=O) groups is 1. The summed E-state index contributed by atoms with van der Waals surface area (Å²) in [5, 5.41) is 0. The van der Waals surface area contributed by atoms with Crippen molar-refractivity contribution in [3.63, 3.8) is 0 Å². The molecule has 1 aliphatic rings. The molecule has 1 aromatic rings. The molecule has 0 aromatic carbocycles. The smallest absolute Gasteiger partial charge is 0.274 e. The zero-order valence-electron chi connectivity index (χ0n) is 10.8. The van der Waals surface area contributed by atoms with Gasteiger partial charge in [-0.2, -0.15) is 0 Å². The molecule has 7 nitrogen and oxygen atoms in total. The molecule has 1 amide bonds. The first-order valence-corrected chi connectivity index (χ1v) is 7.98. The van der Waals surface area contributed by atoms with Crippen LogP contribution in [0.15, 0.2) is 12.5 Å². The number of carbonyl (C=O) groups excluding carboxylic acids is 1. The van der Waals surface area contributed by atoms with Gasteiger partial charge in [-0.25, -0.2) is 13.4 Å². The van der Waals surface area contributed by atoms with E-state index in [1.54, 1.807) is 28.9 Å². The third-order valence-electron chi connectivity index (χ3n) is 3.17. The van der Waals surface area contributed by atoms with Gasteiger partial charge in [0.2, 0.25) is 0 Å². The molecule has 1 atom stereocenters. The van der Waals surface area contributed by atoms with Gasteiger partial charge < -0.3 is 15.2 Å². The van der Waals surface area contributed by atoms with Crippen molar-refractivity contribution in [3.8, 4) is 0 Å². The van der Waals surface area contributed by atoms with Gasteiger partial charge in [0.25, 0.3) is 5.91 Å². The molecule has 2 N–H and O–H groups in total. The number of aromatic nitrogens is 2. The standard InChI is InChI=1S/C11H18N4O3S/c1-9-7-19(17,18)5-4-15(9)11(16)10-6-14(3-2-12)8-13-10/h6,8-9H,2-5,7,12H2,1H3. The second kappa shape index (κ2) is 5.30. The van der Waals surface area contributed by atoms with E-state index in [1.165, 1.54) is 0 Å². The average Bonchev–Trinajstić information content (AvgIpc) is 2.76. The van der Waals surface area contributed by atoms with Gasteiger partial charge in [0.05, 0.1) is 17.8 Å². The molecule has 2 heterocycles. The summed E-state index contributed by atoms with van der Waals surface area (Å²) in [4.78, 5) is 17.9. The summed E-state index contributed by atoms with van der Waals surface area (Å²) in [7, 11) is -3.02. The van der Waals surface area contributed by atoms with Crippen LogP contribution in [0.3, 0.4) is 0 Å². The predicted octanol–water partition coefficient (Wildman–Crippen LogP) is -0.899. The van der Waals surface area contributed by atoms with Gasteiger partial charge in [0.1, 0.15) is 5.69 Å². The molecule has 106 valence electrons. The lowest BCUT2D eigenvalue weighted by Crippen LogP contribution is -2.49. The lowest BCUT2D eigenvalue weighted by molar-refractivity contribution is 0.0707. The normalized spacial score (nSPS) is 22.4. The number of sulfone groups is 1. The highest BCUT2D eigenvalue weighted by molar-refractivity contribution is 7.91. The number of hydrogen-bond acceptors (Lipinski definition) is 5. The van der Waals surface area contributed by atoms with Crippen LogP contribution in [-0.2, 0) is 16.4 Å². The van der Waals surface area contributed by atoms with Crippen LogP contribution in [0.2, 0.25) is 0 Å². The van der Waals surface area contributed by atoms with E-state index in [0.29, 0.717) is 18.8 Å². The summed E-state index contributed by atoms with van der Waals surface area (Å²) in [5.74, 6) is -0.187. The summed E-state index contributed by atoms with van der Waals surface area (Å²) in [6.07, 6.45) is 3.20. The van der Waals surface area contributed by atoms with Gasteiger partial charge in [0, 0.05) is 31.9 Å². The zero-order valence-corrected chi connectivity index (χ0v) is 11.6. The first-order chi connectivity index (χ1) is 8.93. The summed E-state index contributed by atoms with van der Waals surface area (Å²) >= 11 is 0. The van der Waals surface area contributed by atoms with E-state index in [9.17, 15) is 13.2 Å². The minimum absolute atomic E-state index is 0.0161. The van der Waals surface area contributed by atoms with Crippen molar-refractivity contribution < 1.29 is 13.2 Å². The van der Waals surface area contributed by atoms with Gasteiger partial charge in [-0.15, -0.1) is 0 Å². The van der Waals surface area contributed by atoms with Crippen molar-refractivity contribution in [2.45, 2.75) is 19.5 Å². The lowest BCUT2D eigenvalue weighted by Gasteiger charge is -2.32. The van der Waals surface area contributed by atoms with Crippen LogP contribution < -0.4 is 5.73 Å². The van der Waals surface area contributed by atoms with Gasteiger partial charge in [-0.3, -0.25) is 4.79 Å². The molecule has 19 heavy (non-hydrogen) atoms. The summed E-state index contributed by atoms with van der Waals surface area (Å²) in [6.45, 7) is 3.05. The minimum Gasteiger partial charge on any atom is -0.335 e. The molecule has 1 saturated heterocycles. The summed E-state index contributed by atoms with van der Waals surface area (Å²) < 4.78 is 24.7. The highest BCUT2D eigenvalue weighted by Crippen LogP contribution is 2.14.